The number of hydrogen-bond acceptors (Lipinski definition) is 14. The number of rotatable bonds is 12. The molecule has 0 saturated carbocycles. The summed E-state index contributed by atoms with van der Waals surface area (Å²) in [5, 5.41) is 17.6. The predicted octanol–water partition coefficient (Wildman–Crippen LogP) is -0.234. The monoisotopic (exact) mass is 704 g/mol. The summed E-state index contributed by atoms with van der Waals surface area (Å²) in [7, 11) is 1.68. The van der Waals surface area contributed by atoms with Gasteiger partial charge in [-0.2, -0.15) is 9.36 Å². The van der Waals surface area contributed by atoms with Crippen LogP contribution in [-0.2, 0) is 37.0 Å². The number of carbonyl (C=O) groups excluding carboxylic acids is 4. The van der Waals surface area contributed by atoms with Crippen LogP contribution in [0.2, 0.25) is 0 Å². The first-order valence-corrected chi connectivity index (χ1v) is 16.4. The number of alkyl halides is 1. The van der Waals surface area contributed by atoms with Crippen molar-refractivity contribution < 1.29 is 42.8 Å². The van der Waals surface area contributed by atoms with Gasteiger partial charge in [0.2, 0.25) is 17.9 Å². The minimum Gasteiger partial charge on any atom is -0.543 e. The number of halogens is 1. The van der Waals surface area contributed by atoms with E-state index >= 15 is 0 Å². The second-order valence-corrected chi connectivity index (χ2v) is 13.7. The van der Waals surface area contributed by atoms with Gasteiger partial charge >= 0.3 is 11.7 Å². The minimum atomic E-state index is -1.54. The molecule has 3 aromatic rings. The summed E-state index contributed by atoms with van der Waals surface area (Å²) in [6.07, 6.45) is 3.66. The molecule has 1 fully saturated rings. The third kappa shape index (κ3) is 7.33. The van der Waals surface area contributed by atoms with Gasteiger partial charge in [0.05, 0.1) is 17.9 Å². The molecule has 0 aromatic carbocycles. The number of nitrogens with one attached hydrogen (secondary N) is 1. The van der Waals surface area contributed by atoms with Gasteiger partial charge in [0.1, 0.15) is 29.1 Å². The number of hydrogen-bond donors (Lipinski definition) is 2. The second kappa shape index (κ2) is 14.1. The summed E-state index contributed by atoms with van der Waals surface area (Å²) in [5.41, 5.74) is 6.01. The summed E-state index contributed by atoms with van der Waals surface area (Å²) in [5.74, 6) is -3.16. The van der Waals surface area contributed by atoms with Crippen molar-refractivity contribution >= 4 is 69.2 Å². The number of aliphatic carboxylic acids is 1. The molecule has 2 atom stereocenters. The van der Waals surface area contributed by atoms with Gasteiger partial charge in [0.15, 0.2) is 5.13 Å². The molecule has 5 rings (SSSR count). The van der Waals surface area contributed by atoms with Crippen molar-refractivity contribution in [1.82, 2.24) is 34.0 Å². The number of fused-ring (bicyclic) bond motifs is 2. The van der Waals surface area contributed by atoms with Gasteiger partial charge in [-0.15, -0.1) is 11.8 Å². The molecule has 1 saturated heterocycles. The summed E-state index contributed by atoms with van der Waals surface area (Å²) in [6, 6.07) is 2.57. The van der Waals surface area contributed by atoms with Crippen molar-refractivity contribution in [2.45, 2.75) is 57.3 Å². The number of pyridine rings is 1. The SMILES string of the molecule is CN(CCCn1cnc2c1ccc[n+]2CC1=C(C(=O)[O-])N2C(=O)C(NC(=O)/C(=N\OCF)c3nsc(N)n3)C2SC1)C(=O)OC(C)(C)C. The highest BCUT2D eigenvalue weighted by Gasteiger charge is 2.53. The van der Waals surface area contributed by atoms with Crippen LogP contribution in [0.1, 0.15) is 33.0 Å². The van der Waals surface area contributed by atoms with Crippen molar-refractivity contribution in [3.63, 3.8) is 0 Å². The summed E-state index contributed by atoms with van der Waals surface area (Å²) in [6.45, 7) is 5.22. The van der Waals surface area contributed by atoms with Crippen LogP contribution in [0, 0.1) is 0 Å². The molecular formula is C28H33FN10O7S2. The molecule has 3 aromatic heterocycles. The number of imidazole rings is 1. The summed E-state index contributed by atoms with van der Waals surface area (Å²) in [4.78, 5) is 66.2. The fraction of sp³-hybridized carbons (Fsp3) is 0.464. The fourth-order valence-electron chi connectivity index (χ4n) is 5.11. The number of amides is 3. The number of ether oxygens (including phenoxy) is 1. The van der Waals surface area contributed by atoms with E-state index < -0.39 is 53.5 Å². The standard InChI is InChI=1S/C28H33FN10O7S2/c1-28(2,3)46-27(44)36(4)8-6-10-38-14-31-21-16(38)7-5-9-37(21)11-15-12-47-24-18(23(41)39(24)19(15)25(42)43)32-22(40)17(34-45-13-29)20-33-26(30)48-35-20/h5,7,9,14,18,24H,6,8,10-13H2,1-4H3,(H3-,30,32,33,35,40,42,43)/b34-17-. The van der Waals surface area contributed by atoms with E-state index in [9.17, 15) is 28.7 Å². The highest BCUT2D eigenvalue weighted by atomic mass is 32.2. The van der Waals surface area contributed by atoms with E-state index in [0.29, 0.717) is 30.7 Å². The third-order valence-electron chi connectivity index (χ3n) is 7.21. The van der Waals surface area contributed by atoms with Crippen LogP contribution in [0.5, 0.6) is 0 Å². The van der Waals surface area contributed by atoms with Crippen molar-refractivity contribution in [2.75, 3.05) is 31.9 Å². The largest absolute Gasteiger partial charge is 0.543 e. The molecule has 0 spiro atoms. The number of anilines is 1. The minimum absolute atomic E-state index is 0.0270. The zero-order chi connectivity index (χ0) is 34.7. The van der Waals surface area contributed by atoms with E-state index in [2.05, 4.69) is 29.7 Å². The Morgan fingerprint density at radius 3 is 2.77 bits per heavy atom. The average Bonchev–Trinajstić information content (AvgIpc) is 3.65. The molecule has 256 valence electrons. The molecule has 0 bridgehead atoms. The van der Waals surface area contributed by atoms with Crippen LogP contribution in [-0.4, -0.2) is 102 Å². The van der Waals surface area contributed by atoms with E-state index in [1.165, 1.54) is 16.7 Å². The number of nitrogens with zero attached hydrogens (tertiary/aromatic N) is 8. The van der Waals surface area contributed by atoms with Crippen LogP contribution >= 0.6 is 23.3 Å². The van der Waals surface area contributed by atoms with Crippen LogP contribution < -0.4 is 20.7 Å². The van der Waals surface area contributed by atoms with E-state index in [1.807, 2.05) is 37.5 Å². The lowest BCUT2D eigenvalue weighted by atomic mass is 10.0. The number of aryl methyl sites for hydroxylation is 1. The smallest absolute Gasteiger partial charge is 0.410 e. The number of β-lactam (4-membered cyclic amide) rings is 1. The van der Waals surface area contributed by atoms with Gasteiger partial charge in [-0.1, -0.05) is 5.16 Å². The first kappa shape index (κ1) is 34.5. The van der Waals surface area contributed by atoms with E-state index in [0.717, 1.165) is 21.9 Å². The number of aromatic nitrogens is 5. The maximum Gasteiger partial charge on any atom is 0.410 e. The zero-order valence-electron chi connectivity index (χ0n) is 26.4. The lowest BCUT2D eigenvalue weighted by Crippen LogP contribution is -2.71. The second-order valence-electron chi connectivity index (χ2n) is 11.8. The van der Waals surface area contributed by atoms with Gasteiger partial charge < -0.3 is 40.0 Å². The lowest BCUT2D eigenvalue weighted by molar-refractivity contribution is -0.664. The Kier molecular flexibility index (Phi) is 10.1. The predicted molar refractivity (Wildman–Crippen MR) is 168 cm³/mol. The maximum atomic E-state index is 13.2. The molecule has 0 radical (unpaired) electrons. The van der Waals surface area contributed by atoms with Crippen LogP contribution in [0.15, 0.2) is 41.1 Å². The normalized spacial score (nSPS) is 18.0. The molecule has 20 heteroatoms. The molecule has 2 unspecified atom stereocenters. The van der Waals surface area contributed by atoms with Gasteiger partial charge in [-0.05, 0) is 44.3 Å². The van der Waals surface area contributed by atoms with E-state index in [-0.39, 0.29) is 29.0 Å². The Balaban J connectivity index is 1.28. The van der Waals surface area contributed by atoms with Crippen LogP contribution in [0.25, 0.3) is 11.2 Å². The Labute approximate surface area is 281 Å². The fourth-order valence-corrected chi connectivity index (χ4v) is 6.88. The zero-order valence-corrected chi connectivity index (χ0v) is 28.0. The number of carboxylic acid groups (broad SMARTS) is 1. The lowest BCUT2D eigenvalue weighted by Gasteiger charge is -2.50. The Bertz CT molecular complexity index is 1800. The topological polar surface area (TPSA) is 214 Å². The van der Waals surface area contributed by atoms with Crippen LogP contribution in [0.4, 0.5) is 14.3 Å². The maximum absolute atomic E-state index is 13.2. The van der Waals surface area contributed by atoms with Crippen molar-refractivity contribution in [3.05, 3.63) is 41.8 Å². The number of carbonyl (C=O) groups is 4. The number of nitrogen functional groups attached to an aromatic ring is 1. The highest BCUT2D eigenvalue weighted by Crippen LogP contribution is 2.40. The summed E-state index contributed by atoms with van der Waals surface area (Å²) >= 11 is 2.03. The van der Waals surface area contributed by atoms with Crippen LogP contribution in [0.3, 0.4) is 0 Å². The first-order valence-electron chi connectivity index (χ1n) is 14.6. The van der Waals surface area contributed by atoms with Gasteiger partial charge in [-0.25, -0.2) is 13.8 Å². The molecule has 48 heavy (non-hydrogen) atoms. The molecule has 3 amide bonds. The third-order valence-corrected chi connectivity index (χ3v) is 9.09. The summed E-state index contributed by atoms with van der Waals surface area (Å²) < 4.78 is 25.6. The highest BCUT2D eigenvalue weighted by molar-refractivity contribution is 8.00. The number of nitrogens with two attached hydrogens (primary N) is 1. The number of oxime groups is 1. The molecule has 0 aliphatic carbocycles. The van der Waals surface area contributed by atoms with Gasteiger partial charge in [0, 0.05) is 43.0 Å². The Hall–Kier alpha value is -4.85. The molecule has 2 aliphatic rings. The average molecular weight is 705 g/mol. The molecular weight excluding hydrogens is 672 g/mol. The van der Waals surface area contributed by atoms with Crippen molar-refractivity contribution in [3.8, 4) is 0 Å². The van der Waals surface area contributed by atoms with Gasteiger partial charge in [-0.3, -0.25) is 14.5 Å². The number of thioether (sulfide) groups is 1. The van der Waals surface area contributed by atoms with Crippen molar-refractivity contribution in [2.24, 2.45) is 5.16 Å². The molecule has 2 aliphatic heterocycles. The Morgan fingerprint density at radius 2 is 2.10 bits per heavy atom. The molecule has 17 nitrogen and oxygen atoms in total. The molecule has 5 heterocycles. The van der Waals surface area contributed by atoms with Crippen molar-refractivity contribution in [1.29, 1.82) is 0 Å². The quantitative estimate of drug-likeness (QED) is 0.108. The molecule has 3 N–H and O–H groups in total. The number of carboxylic acids is 1. The van der Waals surface area contributed by atoms with Gasteiger partial charge in [0.25, 0.3) is 18.7 Å². The Morgan fingerprint density at radius 1 is 1.33 bits per heavy atom. The van der Waals surface area contributed by atoms with E-state index in [1.54, 1.807) is 24.1 Å². The van der Waals surface area contributed by atoms with E-state index in [4.69, 9.17) is 10.5 Å². The first-order chi connectivity index (χ1) is 22.8.